The van der Waals surface area contributed by atoms with Crippen molar-refractivity contribution in [1.82, 2.24) is 15.5 Å². The molecule has 2 amide bonds. The van der Waals surface area contributed by atoms with E-state index >= 15 is 0 Å². The van der Waals surface area contributed by atoms with Crippen molar-refractivity contribution in [3.63, 3.8) is 0 Å². The monoisotopic (exact) mass is 393 g/mol. The normalized spacial score (nSPS) is 25.4. The number of aryl methyl sites for hydroxylation is 2. The molecule has 0 aliphatic carbocycles. The van der Waals surface area contributed by atoms with Crippen molar-refractivity contribution in [2.24, 2.45) is 11.8 Å². The maximum Gasteiger partial charge on any atom is 0.253 e. The van der Waals surface area contributed by atoms with Crippen molar-refractivity contribution >= 4 is 24.2 Å². The minimum Gasteiger partial charge on any atom is -0.352 e. The summed E-state index contributed by atoms with van der Waals surface area (Å²) in [6.45, 7) is 9.33. The van der Waals surface area contributed by atoms with Crippen LogP contribution in [0, 0.1) is 25.7 Å². The first-order valence-electron chi connectivity index (χ1n) is 9.82. The average Bonchev–Trinajstić information content (AvgIpc) is 2.62. The third-order valence-electron chi connectivity index (χ3n) is 5.70. The Balaban J connectivity index is 0.00000261. The molecular formula is C21H32ClN3O2. The fraction of sp³-hybridized carbons (Fsp3) is 0.619. The molecule has 1 aromatic carbocycles. The molecule has 3 unspecified atom stereocenters. The van der Waals surface area contributed by atoms with Gasteiger partial charge in [0.25, 0.3) is 5.91 Å². The van der Waals surface area contributed by atoms with Crippen LogP contribution in [0.15, 0.2) is 18.2 Å². The molecular weight excluding hydrogens is 362 g/mol. The summed E-state index contributed by atoms with van der Waals surface area (Å²) in [4.78, 5) is 27.5. The molecule has 2 saturated heterocycles. The maximum absolute atomic E-state index is 12.9. The van der Waals surface area contributed by atoms with Crippen LogP contribution in [0.25, 0.3) is 0 Å². The molecule has 0 radical (unpaired) electrons. The topological polar surface area (TPSA) is 61.4 Å². The van der Waals surface area contributed by atoms with Crippen LogP contribution < -0.4 is 10.6 Å². The van der Waals surface area contributed by atoms with Crippen LogP contribution in [0.3, 0.4) is 0 Å². The lowest BCUT2D eigenvalue weighted by Crippen LogP contribution is -2.53. The Kier molecular flexibility index (Phi) is 7.68. The van der Waals surface area contributed by atoms with E-state index in [1.807, 2.05) is 30.9 Å². The van der Waals surface area contributed by atoms with E-state index in [4.69, 9.17) is 0 Å². The van der Waals surface area contributed by atoms with Gasteiger partial charge in [-0.2, -0.15) is 0 Å². The Morgan fingerprint density at radius 2 is 1.85 bits per heavy atom. The third-order valence-corrected chi connectivity index (χ3v) is 5.70. The number of carbonyl (C=O) groups is 2. The highest BCUT2D eigenvalue weighted by atomic mass is 35.5. The zero-order valence-corrected chi connectivity index (χ0v) is 17.4. The molecule has 6 heteroatoms. The predicted molar refractivity (Wildman–Crippen MR) is 110 cm³/mol. The number of piperidine rings is 2. The summed E-state index contributed by atoms with van der Waals surface area (Å²) in [5.74, 6) is 0.537. The Labute approximate surface area is 168 Å². The highest BCUT2D eigenvalue weighted by Crippen LogP contribution is 2.21. The molecule has 0 aromatic heterocycles. The largest absolute Gasteiger partial charge is 0.352 e. The first-order chi connectivity index (χ1) is 12.4. The molecule has 0 spiro atoms. The summed E-state index contributed by atoms with van der Waals surface area (Å²) in [5.41, 5.74) is 2.92. The Bertz CT molecular complexity index is 659. The van der Waals surface area contributed by atoms with Crippen LogP contribution in [-0.2, 0) is 4.79 Å². The molecule has 150 valence electrons. The summed E-state index contributed by atoms with van der Waals surface area (Å²) >= 11 is 0. The zero-order chi connectivity index (χ0) is 18.7. The molecule has 2 N–H and O–H groups in total. The lowest BCUT2D eigenvalue weighted by molar-refractivity contribution is -0.127. The van der Waals surface area contributed by atoms with E-state index in [0.29, 0.717) is 12.5 Å². The first-order valence-corrected chi connectivity index (χ1v) is 9.82. The van der Waals surface area contributed by atoms with Crippen LogP contribution in [0.1, 0.15) is 47.7 Å². The predicted octanol–water partition coefficient (Wildman–Crippen LogP) is 2.69. The van der Waals surface area contributed by atoms with Gasteiger partial charge >= 0.3 is 0 Å². The van der Waals surface area contributed by atoms with Crippen molar-refractivity contribution in [2.75, 3.05) is 26.2 Å². The van der Waals surface area contributed by atoms with Crippen molar-refractivity contribution in [3.8, 4) is 0 Å². The fourth-order valence-corrected chi connectivity index (χ4v) is 4.14. The highest BCUT2D eigenvalue weighted by Gasteiger charge is 2.31. The summed E-state index contributed by atoms with van der Waals surface area (Å²) in [6, 6.07) is 6.15. The third kappa shape index (κ3) is 5.45. The first kappa shape index (κ1) is 21.7. The number of nitrogens with one attached hydrogen (secondary N) is 2. The SMILES string of the molecule is Cc1cc(C)cc(C(=O)N2CCCC(C(=O)NC3CNCCC3C)C2)c1.Cl. The molecule has 0 saturated carbocycles. The highest BCUT2D eigenvalue weighted by molar-refractivity contribution is 5.95. The van der Waals surface area contributed by atoms with Gasteiger partial charge in [0.1, 0.15) is 0 Å². The van der Waals surface area contributed by atoms with Crippen LogP contribution >= 0.6 is 12.4 Å². The van der Waals surface area contributed by atoms with E-state index in [1.165, 1.54) is 0 Å². The van der Waals surface area contributed by atoms with Gasteiger partial charge in [0.05, 0.1) is 5.92 Å². The number of amides is 2. The van der Waals surface area contributed by atoms with Gasteiger partial charge in [0, 0.05) is 31.2 Å². The van der Waals surface area contributed by atoms with Crippen molar-refractivity contribution < 1.29 is 9.59 Å². The quantitative estimate of drug-likeness (QED) is 0.829. The Hall–Kier alpha value is -1.59. The molecule has 3 rings (SSSR count). The molecule has 27 heavy (non-hydrogen) atoms. The van der Waals surface area contributed by atoms with E-state index in [1.54, 1.807) is 0 Å². The summed E-state index contributed by atoms with van der Waals surface area (Å²) < 4.78 is 0. The number of rotatable bonds is 3. The standard InChI is InChI=1S/C21H31N3O2.ClH/c1-14-9-15(2)11-18(10-14)21(26)24-8-4-5-17(13-24)20(25)23-19-12-22-7-6-16(19)3;/h9-11,16-17,19,22H,4-8,12-13H2,1-3H3,(H,23,25);1H. The lowest BCUT2D eigenvalue weighted by Gasteiger charge is -2.35. The smallest absolute Gasteiger partial charge is 0.253 e. The number of hydrogen-bond donors (Lipinski definition) is 2. The number of likely N-dealkylation sites (tertiary alicyclic amines) is 1. The minimum atomic E-state index is -0.104. The molecule has 1 aromatic rings. The minimum absolute atomic E-state index is 0. The fourth-order valence-electron chi connectivity index (χ4n) is 4.14. The van der Waals surface area contributed by atoms with Crippen LogP contribution in [0.2, 0.25) is 0 Å². The number of benzene rings is 1. The summed E-state index contributed by atoms with van der Waals surface area (Å²) in [6.07, 6.45) is 2.83. The van der Waals surface area contributed by atoms with Gasteiger partial charge in [-0.25, -0.2) is 0 Å². The zero-order valence-electron chi connectivity index (χ0n) is 16.6. The van der Waals surface area contributed by atoms with E-state index in [9.17, 15) is 9.59 Å². The second kappa shape index (κ2) is 9.56. The van der Waals surface area contributed by atoms with E-state index in [2.05, 4.69) is 23.6 Å². The van der Waals surface area contributed by atoms with Gasteiger partial charge in [-0.1, -0.05) is 24.1 Å². The van der Waals surface area contributed by atoms with Gasteiger partial charge in [-0.05, 0) is 57.7 Å². The van der Waals surface area contributed by atoms with Gasteiger partial charge < -0.3 is 15.5 Å². The van der Waals surface area contributed by atoms with Gasteiger partial charge in [0.2, 0.25) is 5.91 Å². The van der Waals surface area contributed by atoms with Crippen molar-refractivity contribution in [2.45, 2.75) is 46.1 Å². The summed E-state index contributed by atoms with van der Waals surface area (Å²) in [7, 11) is 0. The molecule has 2 heterocycles. The van der Waals surface area contributed by atoms with Crippen LogP contribution in [0.4, 0.5) is 0 Å². The van der Waals surface area contributed by atoms with Gasteiger partial charge in [-0.3, -0.25) is 9.59 Å². The lowest BCUT2D eigenvalue weighted by atomic mass is 9.92. The Morgan fingerprint density at radius 1 is 1.15 bits per heavy atom. The summed E-state index contributed by atoms with van der Waals surface area (Å²) in [5, 5.41) is 6.57. The maximum atomic E-state index is 12.9. The van der Waals surface area contributed by atoms with E-state index < -0.39 is 0 Å². The van der Waals surface area contributed by atoms with Gasteiger partial charge in [0.15, 0.2) is 0 Å². The number of carbonyl (C=O) groups excluding carboxylic acids is 2. The van der Waals surface area contributed by atoms with Crippen LogP contribution in [-0.4, -0.2) is 48.9 Å². The van der Waals surface area contributed by atoms with E-state index in [0.717, 1.165) is 55.6 Å². The number of nitrogens with zero attached hydrogens (tertiary/aromatic N) is 1. The second-order valence-corrected chi connectivity index (χ2v) is 8.05. The van der Waals surface area contributed by atoms with Crippen molar-refractivity contribution in [3.05, 3.63) is 34.9 Å². The molecule has 2 aliphatic heterocycles. The van der Waals surface area contributed by atoms with Crippen LogP contribution in [0.5, 0.6) is 0 Å². The average molecular weight is 394 g/mol. The number of halogens is 1. The molecule has 3 atom stereocenters. The number of hydrogen-bond acceptors (Lipinski definition) is 3. The van der Waals surface area contributed by atoms with E-state index in [-0.39, 0.29) is 36.2 Å². The molecule has 0 bridgehead atoms. The molecule has 2 fully saturated rings. The van der Waals surface area contributed by atoms with Gasteiger partial charge in [-0.15, -0.1) is 12.4 Å². The second-order valence-electron chi connectivity index (χ2n) is 8.05. The van der Waals surface area contributed by atoms with Crippen molar-refractivity contribution in [1.29, 1.82) is 0 Å². The molecule has 2 aliphatic rings. The molecule has 5 nitrogen and oxygen atoms in total. The Morgan fingerprint density at radius 3 is 2.52 bits per heavy atom.